The highest BCUT2D eigenvalue weighted by Gasteiger charge is 2.25. The van der Waals surface area contributed by atoms with Gasteiger partial charge in [0, 0.05) is 39.4 Å². The van der Waals surface area contributed by atoms with E-state index in [0.29, 0.717) is 24.5 Å². The normalized spacial score (nSPS) is 11.0. The molecule has 0 aliphatic heterocycles. The number of thioether (sulfide) groups is 1. The van der Waals surface area contributed by atoms with Crippen LogP contribution in [0.2, 0.25) is 0 Å². The smallest absolute Gasteiger partial charge is 0.340 e. The van der Waals surface area contributed by atoms with Gasteiger partial charge in [0.15, 0.2) is 0 Å². The molecule has 0 fully saturated rings. The van der Waals surface area contributed by atoms with E-state index in [9.17, 15) is 9.90 Å². The number of rotatable bonds is 7. The van der Waals surface area contributed by atoms with Gasteiger partial charge in [0.05, 0.1) is 12.2 Å². The van der Waals surface area contributed by atoms with E-state index in [1.54, 1.807) is 24.8 Å². The molecule has 0 atom stereocenters. The zero-order valence-electron chi connectivity index (χ0n) is 17.7. The molecule has 5 heteroatoms. The Labute approximate surface area is 186 Å². The van der Waals surface area contributed by atoms with Crippen molar-refractivity contribution >= 4 is 28.6 Å². The van der Waals surface area contributed by atoms with Gasteiger partial charge >= 0.3 is 5.97 Å². The summed E-state index contributed by atoms with van der Waals surface area (Å²) in [7, 11) is 0. The summed E-state index contributed by atoms with van der Waals surface area (Å²) in [5.41, 5.74) is 4.20. The van der Waals surface area contributed by atoms with Crippen molar-refractivity contribution in [2.24, 2.45) is 0 Å². The third kappa shape index (κ3) is 4.32. The molecular weight excluding hydrogens is 406 g/mol. The van der Waals surface area contributed by atoms with Crippen LogP contribution in [0.3, 0.4) is 0 Å². The van der Waals surface area contributed by atoms with Gasteiger partial charge in [-0.1, -0.05) is 48.5 Å². The van der Waals surface area contributed by atoms with Gasteiger partial charge in [-0.05, 0) is 43.7 Å². The first kappa shape index (κ1) is 21.1. The van der Waals surface area contributed by atoms with Gasteiger partial charge in [0.25, 0.3) is 0 Å². The van der Waals surface area contributed by atoms with Gasteiger partial charge in [-0.15, -0.1) is 11.8 Å². The summed E-state index contributed by atoms with van der Waals surface area (Å²) in [5.74, 6) is 0.390. The maximum Gasteiger partial charge on any atom is 0.340 e. The van der Waals surface area contributed by atoms with Gasteiger partial charge in [0.1, 0.15) is 5.75 Å². The number of carbonyl (C=O) groups is 1. The fourth-order valence-corrected chi connectivity index (χ4v) is 4.82. The van der Waals surface area contributed by atoms with Crippen molar-refractivity contribution in [3.63, 3.8) is 0 Å². The second-order valence-electron chi connectivity index (χ2n) is 7.31. The van der Waals surface area contributed by atoms with Crippen LogP contribution >= 0.6 is 11.8 Å². The maximum absolute atomic E-state index is 13.0. The molecule has 158 valence electrons. The van der Waals surface area contributed by atoms with E-state index in [-0.39, 0.29) is 11.7 Å². The average molecular weight is 432 g/mol. The largest absolute Gasteiger partial charge is 0.508 e. The van der Waals surface area contributed by atoms with Gasteiger partial charge in [0.2, 0.25) is 0 Å². The first-order valence-electron chi connectivity index (χ1n) is 10.3. The van der Waals surface area contributed by atoms with Crippen LogP contribution in [0.1, 0.15) is 34.1 Å². The lowest BCUT2D eigenvalue weighted by Gasteiger charge is -2.10. The molecule has 1 N–H and O–H groups in total. The summed E-state index contributed by atoms with van der Waals surface area (Å²) in [5, 5.41) is 11.5. The SMILES string of the molecule is CCOC(=O)c1c(C)n(Cc2ccccc2)c2ccc(O)c(CSc3ccccc3)c12. The molecule has 0 amide bonds. The lowest BCUT2D eigenvalue weighted by molar-refractivity contribution is 0.0527. The molecule has 0 aliphatic carbocycles. The molecule has 0 radical (unpaired) electrons. The molecule has 0 spiro atoms. The molecule has 4 rings (SSSR count). The first-order valence-corrected chi connectivity index (χ1v) is 11.3. The summed E-state index contributed by atoms with van der Waals surface area (Å²) in [6.45, 7) is 4.69. The zero-order chi connectivity index (χ0) is 21.8. The van der Waals surface area contributed by atoms with Crippen molar-refractivity contribution in [1.82, 2.24) is 4.57 Å². The molecule has 0 saturated heterocycles. The zero-order valence-corrected chi connectivity index (χ0v) is 18.5. The number of hydrogen-bond acceptors (Lipinski definition) is 4. The third-order valence-electron chi connectivity index (χ3n) is 5.36. The minimum Gasteiger partial charge on any atom is -0.508 e. The molecule has 3 aromatic carbocycles. The number of nitrogens with zero attached hydrogens (tertiary/aromatic N) is 1. The van der Waals surface area contributed by atoms with Crippen molar-refractivity contribution in [3.05, 3.63) is 95.2 Å². The van der Waals surface area contributed by atoms with Crippen molar-refractivity contribution in [3.8, 4) is 5.75 Å². The predicted octanol–water partition coefficient (Wildman–Crippen LogP) is 6.17. The van der Waals surface area contributed by atoms with E-state index in [1.165, 1.54) is 0 Å². The Kier molecular flexibility index (Phi) is 6.33. The van der Waals surface area contributed by atoms with Crippen LogP contribution in [0.4, 0.5) is 0 Å². The number of aromatic nitrogens is 1. The Bertz CT molecular complexity index is 1200. The van der Waals surface area contributed by atoms with Gasteiger partial charge in [-0.3, -0.25) is 0 Å². The Morgan fingerprint density at radius 1 is 1.00 bits per heavy atom. The van der Waals surface area contributed by atoms with Crippen LogP contribution in [0, 0.1) is 6.92 Å². The second kappa shape index (κ2) is 9.31. The number of phenols is 1. The molecule has 0 aliphatic rings. The van der Waals surface area contributed by atoms with Crippen molar-refractivity contribution < 1.29 is 14.6 Å². The summed E-state index contributed by atoms with van der Waals surface area (Å²) >= 11 is 1.63. The summed E-state index contributed by atoms with van der Waals surface area (Å²) < 4.78 is 7.53. The highest BCUT2D eigenvalue weighted by atomic mass is 32.2. The fourth-order valence-electron chi connectivity index (χ4n) is 3.87. The van der Waals surface area contributed by atoms with E-state index in [4.69, 9.17) is 4.74 Å². The molecule has 0 unspecified atom stereocenters. The number of benzene rings is 3. The van der Waals surface area contributed by atoms with Gasteiger partial charge in [-0.25, -0.2) is 4.79 Å². The van der Waals surface area contributed by atoms with Crippen molar-refractivity contribution in [1.29, 1.82) is 0 Å². The number of phenolic OH excluding ortho intramolecular Hbond substituents is 1. The lowest BCUT2D eigenvalue weighted by Crippen LogP contribution is -2.08. The Balaban J connectivity index is 1.86. The van der Waals surface area contributed by atoms with Crippen molar-refractivity contribution in [2.75, 3.05) is 6.61 Å². The minimum absolute atomic E-state index is 0.193. The highest BCUT2D eigenvalue weighted by molar-refractivity contribution is 7.98. The van der Waals surface area contributed by atoms with Crippen molar-refractivity contribution in [2.45, 2.75) is 31.0 Å². The van der Waals surface area contributed by atoms with E-state index in [2.05, 4.69) is 16.7 Å². The van der Waals surface area contributed by atoms with E-state index in [0.717, 1.165) is 32.6 Å². The summed E-state index contributed by atoms with van der Waals surface area (Å²) in [4.78, 5) is 14.1. The molecule has 1 aromatic heterocycles. The molecule has 31 heavy (non-hydrogen) atoms. The van der Waals surface area contributed by atoms with Crippen LogP contribution in [0.5, 0.6) is 5.75 Å². The Morgan fingerprint density at radius 3 is 2.35 bits per heavy atom. The molecule has 4 aromatic rings. The highest BCUT2D eigenvalue weighted by Crippen LogP contribution is 2.38. The number of hydrogen-bond donors (Lipinski definition) is 1. The fraction of sp³-hybridized carbons (Fsp3) is 0.192. The molecule has 0 bridgehead atoms. The van der Waals surface area contributed by atoms with E-state index < -0.39 is 0 Å². The Hall–Kier alpha value is -3.18. The van der Waals surface area contributed by atoms with Crippen LogP contribution in [0.15, 0.2) is 77.7 Å². The summed E-state index contributed by atoms with van der Waals surface area (Å²) in [6, 6.07) is 23.8. The number of carbonyl (C=O) groups excluding carboxylic acids is 1. The predicted molar refractivity (Wildman–Crippen MR) is 126 cm³/mol. The van der Waals surface area contributed by atoms with Crippen LogP contribution < -0.4 is 0 Å². The van der Waals surface area contributed by atoms with Crippen LogP contribution in [0.25, 0.3) is 10.9 Å². The van der Waals surface area contributed by atoms with E-state index in [1.807, 2.05) is 61.5 Å². The number of ether oxygens (including phenoxy) is 1. The van der Waals surface area contributed by atoms with Crippen LogP contribution in [-0.2, 0) is 17.0 Å². The quantitative estimate of drug-likeness (QED) is 0.281. The topological polar surface area (TPSA) is 51.5 Å². The molecule has 4 nitrogen and oxygen atoms in total. The third-order valence-corrected chi connectivity index (χ3v) is 6.40. The van der Waals surface area contributed by atoms with E-state index >= 15 is 0 Å². The monoisotopic (exact) mass is 431 g/mol. The summed E-state index contributed by atoms with van der Waals surface area (Å²) in [6.07, 6.45) is 0. The molecular formula is C26H25NO3S. The average Bonchev–Trinajstić information content (AvgIpc) is 3.06. The lowest BCUT2D eigenvalue weighted by atomic mass is 10.0. The molecule has 1 heterocycles. The maximum atomic E-state index is 13.0. The second-order valence-corrected chi connectivity index (χ2v) is 8.36. The van der Waals surface area contributed by atoms with Gasteiger partial charge < -0.3 is 14.4 Å². The number of aromatic hydroxyl groups is 1. The molecule has 0 saturated carbocycles. The first-order chi connectivity index (χ1) is 15.1. The number of esters is 1. The van der Waals surface area contributed by atoms with Crippen LogP contribution in [-0.4, -0.2) is 22.2 Å². The Morgan fingerprint density at radius 2 is 1.68 bits per heavy atom. The standard InChI is InChI=1S/C26H25NO3S/c1-3-30-26(29)24-18(2)27(16-19-10-6-4-7-11-19)22-14-15-23(28)21(25(22)24)17-31-20-12-8-5-9-13-20/h4-15,28H,3,16-17H2,1-2H3. The van der Waals surface area contributed by atoms with Gasteiger partial charge in [-0.2, -0.15) is 0 Å². The number of fused-ring (bicyclic) bond motifs is 1. The minimum atomic E-state index is -0.353.